The van der Waals surface area contributed by atoms with Gasteiger partial charge in [-0.25, -0.2) is 4.39 Å². The number of rotatable bonds is 2. The van der Waals surface area contributed by atoms with Crippen LogP contribution in [0.4, 0.5) is 4.39 Å². The third-order valence-corrected chi connectivity index (χ3v) is 3.38. The molecule has 3 heteroatoms. The van der Waals surface area contributed by atoms with Gasteiger partial charge in [-0.3, -0.25) is 4.90 Å². The van der Waals surface area contributed by atoms with E-state index >= 15 is 0 Å². The predicted molar refractivity (Wildman–Crippen MR) is 62.9 cm³/mol. The molecule has 0 radical (unpaired) electrons. The molecule has 1 aliphatic rings. The first-order valence-corrected chi connectivity index (χ1v) is 5.79. The van der Waals surface area contributed by atoms with Gasteiger partial charge in [0.25, 0.3) is 0 Å². The fraction of sp³-hybridized carbons (Fsp3) is 1.00. The van der Waals surface area contributed by atoms with Gasteiger partial charge in [0.2, 0.25) is 0 Å². The summed E-state index contributed by atoms with van der Waals surface area (Å²) in [5.41, 5.74) is 0.0742. The summed E-state index contributed by atoms with van der Waals surface area (Å²) in [6.45, 7) is 10.1. The van der Waals surface area contributed by atoms with Gasteiger partial charge in [0.1, 0.15) is 6.17 Å². The highest BCUT2D eigenvalue weighted by Crippen LogP contribution is 2.32. The van der Waals surface area contributed by atoms with Gasteiger partial charge in [-0.1, -0.05) is 0 Å². The molecule has 2 nitrogen and oxygen atoms in total. The van der Waals surface area contributed by atoms with Crippen LogP contribution in [-0.2, 0) is 0 Å². The molecule has 0 aromatic rings. The molecule has 0 aliphatic carbocycles. The van der Waals surface area contributed by atoms with Crippen molar-refractivity contribution in [3.05, 3.63) is 0 Å². The first kappa shape index (κ1) is 12.9. The van der Waals surface area contributed by atoms with Crippen LogP contribution in [0, 0.1) is 5.92 Å². The lowest BCUT2D eigenvalue weighted by Crippen LogP contribution is -2.45. The molecular weight excluding hydrogens is 191 g/mol. The van der Waals surface area contributed by atoms with Crippen molar-refractivity contribution in [3.8, 4) is 0 Å². The Morgan fingerprint density at radius 2 is 1.87 bits per heavy atom. The molecule has 0 N–H and O–H groups in total. The van der Waals surface area contributed by atoms with Crippen LogP contribution in [0.3, 0.4) is 0 Å². The number of nitrogens with zero attached hydrogens (tertiary/aromatic N) is 2. The molecule has 0 amide bonds. The highest BCUT2D eigenvalue weighted by molar-refractivity contribution is 4.96. The maximum absolute atomic E-state index is 13.9. The average molecular weight is 216 g/mol. The molecule has 0 saturated carbocycles. The van der Waals surface area contributed by atoms with E-state index in [1.54, 1.807) is 0 Å². The van der Waals surface area contributed by atoms with Crippen LogP contribution in [0.2, 0.25) is 0 Å². The zero-order valence-electron chi connectivity index (χ0n) is 10.9. The van der Waals surface area contributed by atoms with Gasteiger partial charge in [0.05, 0.1) is 0 Å². The summed E-state index contributed by atoms with van der Waals surface area (Å²) in [5.74, 6) is 0.152. The van der Waals surface area contributed by atoms with Crippen molar-refractivity contribution in [1.82, 2.24) is 9.80 Å². The molecule has 15 heavy (non-hydrogen) atoms. The average Bonchev–Trinajstić information content (AvgIpc) is 2.30. The quantitative estimate of drug-likeness (QED) is 0.696. The topological polar surface area (TPSA) is 6.48 Å². The van der Waals surface area contributed by atoms with Gasteiger partial charge in [-0.05, 0) is 41.8 Å². The second kappa shape index (κ2) is 4.38. The largest absolute Gasteiger partial charge is 0.309 e. The third kappa shape index (κ3) is 2.91. The molecule has 1 fully saturated rings. The summed E-state index contributed by atoms with van der Waals surface area (Å²) in [4.78, 5) is 4.37. The van der Waals surface area contributed by atoms with Crippen molar-refractivity contribution >= 4 is 0 Å². The van der Waals surface area contributed by atoms with E-state index in [-0.39, 0.29) is 11.5 Å². The zero-order valence-corrected chi connectivity index (χ0v) is 10.9. The van der Waals surface area contributed by atoms with Crippen LogP contribution in [0.5, 0.6) is 0 Å². The van der Waals surface area contributed by atoms with Crippen LogP contribution >= 0.6 is 0 Å². The minimum Gasteiger partial charge on any atom is -0.309 e. The number of likely N-dealkylation sites (tertiary alicyclic amines) is 1. The van der Waals surface area contributed by atoms with E-state index in [9.17, 15) is 4.39 Å². The first-order valence-electron chi connectivity index (χ1n) is 5.79. The number of hydrogen-bond donors (Lipinski definition) is 0. The Morgan fingerprint density at radius 3 is 2.20 bits per heavy atom. The molecule has 1 saturated heterocycles. The minimum absolute atomic E-state index is 0.0742. The van der Waals surface area contributed by atoms with Crippen LogP contribution in [0.15, 0.2) is 0 Å². The van der Waals surface area contributed by atoms with Gasteiger partial charge < -0.3 is 4.90 Å². The zero-order chi connectivity index (χ0) is 11.8. The van der Waals surface area contributed by atoms with E-state index in [1.165, 1.54) is 0 Å². The highest BCUT2D eigenvalue weighted by atomic mass is 19.1. The van der Waals surface area contributed by atoms with Crippen molar-refractivity contribution in [2.75, 3.05) is 27.2 Å². The molecule has 0 aromatic heterocycles. The molecule has 1 heterocycles. The summed E-state index contributed by atoms with van der Waals surface area (Å²) >= 11 is 0. The number of alkyl halides is 1. The van der Waals surface area contributed by atoms with Crippen LogP contribution in [-0.4, -0.2) is 54.7 Å². The lowest BCUT2D eigenvalue weighted by molar-refractivity contribution is 0.111. The summed E-state index contributed by atoms with van der Waals surface area (Å²) in [7, 11) is 4.03. The Labute approximate surface area is 93.4 Å². The SMILES string of the molecule is C[C@@H]1[C@H](CN(C)C)[C@@H](F)CN1C(C)(C)C. The third-order valence-electron chi connectivity index (χ3n) is 3.38. The molecule has 0 spiro atoms. The van der Waals surface area contributed by atoms with E-state index in [1.807, 2.05) is 14.1 Å². The standard InChI is InChI=1S/C12H25FN2/c1-9-10(7-14(5)6)11(13)8-15(9)12(2,3)4/h9-11H,7-8H2,1-6H3/t9-,10+,11+/m1/s1. The van der Waals surface area contributed by atoms with E-state index in [2.05, 4.69) is 37.5 Å². The lowest BCUT2D eigenvalue weighted by atomic mass is 9.98. The normalized spacial score (nSPS) is 34.0. The molecule has 1 aliphatic heterocycles. The Balaban J connectivity index is 2.70. The molecule has 3 atom stereocenters. The van der Waals surface area contributed by atoms with E-state index in [4.69, 9.17) is 0 Å². The first-order chi connectivity index (χ1) is 6.73. The van der Waals surface area contributed by atoms with Crippen molar-refractivity contribution in [1.29, 1.82) is 0 Å². The van der Waals surface area contributed by atoms with Crippen molar-refractivity contribution in [2.24, 2.45) is 5.92 Å². The second-order valence-electron chi connectivity index (χ2n) is 6.01. The Bertz CT molecular complexity index is 210. The van der Waals surface area contributed by atoms with Gasteiger partial charge in [0, 0.05) is 30.6 Å². The summed E-state index contributed by atoms with van der Waals surface area (Å²) in [5, 5.41) is 0. The van der Waals surface area contributed by atoms with Crippen molar-refractivity contribution < 1.29 is 4.39 Å². The summed E-state index contributed by atoms with van der Waals surface area (Å²) in [6.07, 6.45) is -0.679. The summed E-state index contributed by atoms with van der Waals surface area (Å²) < 4.78 is 13.9. The van der Waals surface area contributed by atoms with E-state index < -0.39 is 6.17 Å². The van der Waals surface area contributed by atoms with Crippen LogP contribution < -0.4 is 0 Å². The fourth-order valence-corrected chi connectivity index (χ4v) is 2.60. The molecule has 0 aromatic carbocycles. The second-order valence-corrected chi connectivity index (χ2v) is 6.01. The molecule has 0 unspecified atom stereocenters. The van der Waals surface area contributed by atoms with E-state index in [0.717, 1.165) is 6.54 Å². The molecule has 90 valence electrons. The Kier molecular flexibility index (Phi) is 3.77. The Hall–Kier alpha value is -0.150. The maximum Gasteiger partial charge on any atom is 0.118 e. The molecule has 1 rings (SSSR count). The number of halogens is 1. The van der Waals surface area contributed by atoms with Gasteiger partial charge in [0.15, 0.2) is 0 Å². The lowest BCUT2D eigenvalue weighted by Gasteiger charge is -2.36. The van der Waals surface area contributed by atoms with Crippen LogP contribution in [0.25, 0.3) is 0 Å². The van der Waals surface area contributed by atoms with Crippen molar-refractivity contribution in [2.45, 2.75) is 45.4 Å². The van der Waals surface area contributed by atoms with Crippen LogP contribution in [0.1, 0.15) is 27.7 Å². The fourth-order valence-electron chi connectivity index (χ4n) is 2.60. The highest BCUT2D eigenvalue weighted by Gasteiger charge is 2.43. The summed E-state index contributed by atoms with van der Waals surface area (Å²) in [6, 6.07) is 0.336. The minimum atomic E-state index is -0.679. The van der Waals surface area contributed by atoms with E-state index in [0.29, 0.717) is 12.6 Å². The molecule has 0 bridgehead atoms. The number of hydrogen-bond acceptors (Lipinski definition) is 2. The monoisotopic (exact) mass is 216 g/mol. The Morgan fingerprint density at radius 1 is 1.33 bits per heavy atom. The van der Waals surface area contributed by atoms with Gasteiger partial charge in [-0.2, -0.15) is 0 Å². The van der Waals surface area contributed by atoms with Gasteiger partial charge in [-0.15, -0.1) is 0 Å². The molecular formula is C12H25FN2. The van der Waals surface area contributed by atoms with Gasteiger partial charge >= 0.3 is 0 Å². The predicted octanol–water partition coefficient (Wildman–Crippen LogP) is 2.00. The maximum atomic E-state index is 13.9. The smallest absolute Gasteiger partial charge is 0.118 e. The van der Waals surface area contributed by atoms with Crippen molar-refractivity contribution in [3.63, 3.8) is 0 Å².